The van der Waals surface area contributed by atoms with Gasteiger partial charge in [0.1, 0.15) is 23.3 Å². The van der Waals surface area contributed by atoms with Crippen molar-refractivity contribution >= 4 is 43.6 Å². The lowest BCUT2D eigenvalue weighted by Crippen LogP contribution is -2.22. The fourth-order valence-electron chi connectivity index (χ4n) is 15.7. The highest BCUT2D eigenvalue weighted by molar-refractivity contribution is 6.10. The molecule has 2 aliphatic rings. The van der Waals surface area contributed by atoms with Gasteiger partial charge in [-0.05, 0) is 120 Å². The molecule has 0 radical (unpaired) electrons. The van der Waals surface area contributed by atoms with E-state index in [1.807, 2.05) is 116 Å². The van der Waals surface area contributed by atoms with Crippen LogP contribution in [0.3, 0.4) is 0 Å². The summed E-state index contributed by atoms with van der Waals surface area (Å²) in [6.07, 6.45) is 7.70. The second-order valence-electron chi connectivity index (χ2n) is 36.1. The van der Waals surface area contributed by atoms with Gasteiger partial charge in [-0.1, -0.05) is 371 Å². The molecule has 12 nitrogen and oxygen atoms in total. The van der Waals surface area contributed by atoms with Gasteiger partial charge < -0.3 is 4.57 Å². The number of hydrogen-bond donors (Lipinski definition) is 0. The van der Waals surface area contributed by atoms with Crippen molar-refractivity contribution in [1.82, 2.24) is 59.0 Å². The van der Waals surface area contributed by atoms with E-state index < -0.39 is 0 Å². The van der Waals surface area contributed by atoms with Crippen LogP contribution in [0.4, 0.5) is 0 Å². The molecule has 0 fully saturated rings. The normalized spacial score (nSPS) is 12.6. The molecule has 120 heavy (non-hydrogen) atoms. The maximum Gasteiger partial charge on any atom is 0.234 e. The third-order valence-corrected chi connectivity index (χ3v) is 22.3. The molecule has 6 aromatic heterocycles. The van der Waals surface area contributed by atoms with E-state index in [4.69, 9.17) is 15.0 Å². The van der Waals surface area contributed by atoms with Crippen LogP contribution in [0.2, 0.25) is 0 Å². The van der Waals surface area contributed by atoms with E-state index >= 15 is 0 Å². The van der Waals surface area contributed by atoms with Crippen molar-refractivity contribution in [2.45, 2.75) is 143 Å². The molecule has 0 amide bonds. The van der Waals surface area contributed by atoms with Crippen LogP contribution >= 0.6 is 0 Å². The number of hydrogen-bond acceptors (Lipinski definition) is 10. The maximum absolute atomic E-state index is 5.28. The minimum Gasteiger partial charge on any atom is -0.309 e. The van der Waals surface area contributed by atoms with Gasteiger partial charge in [0.15, 0.2) is 17.5 Å². The van der Waals surface area contributed by atoms with Gasteiger partial charge in [0, 0.05) is 79.5 Å². The lowest BCUT2D eigenvalue weighted by molar-refractivity contribution is 0.527. The fourth-order valence-corrected chi connectivity index (χ4v) is 15.7. The Kier molecular flexibility index (Phi) is 22.1. The molecule has 0 spiro atoms. The lowest BCUT2D eigenvalue weighted by Gasteiger charge is -2.22. The minimum absolute atomic E-state index is 0.00728. The van der Waals surface area contributed by atoms with E-state index in [0.29, 0.717) is 0 Å². The molecule has 0 saturated carbocycles. The predicted molar refractivity (Wildman–Crippen MR) is 494 cm³/mol. The van der Waals surface area contributed by atoms with Crippen LogP contribution in [0.15, 0.2) is 334 Å². The number of nitrogens with zero attached hydrogens (tertiary/aromatic N) is 12. The summed E-state index contributed by atoms with van der Waals surface area (Å²) in [6.45, 7) is 32.7. The topological polar surface area (TPSA) is 139 Å². The molecule has 12 heteroatoms. The third-order valence-electron chi connectivity index (χ3n) is 22.3. The molecule has 0 aliphatic heterocycles. The number of aromatic nitrogens is 12. The second kappa shape index (κ2) is 33.1. The van der Waals surface area contributed by atoms with Crippen molar-refractivity contribution in [3.05, 3.63) is 396 Å². The summed E-state index contributed by atoms with van der Waals surface area (Å²) >= 11 is 0. The summed E-state index contributed by atoms with van der Waals surface area (Å²) in [6, 6.07) is 108. The first-order valence-electron chi connectivity index (χ1n) is 41.5. The van der Waals surface area contributed by atoms with Gasteiger partial charge in [0.25, 0.3) is 0 Å². The summed E-state index contributed by atoms with van der Waals surface area (Å²) in [7, 11) is 0. The van der Waals surface area contributed by atoms with Crippen LogP contribution in [0, 0.1) is 0 Å². The SMILES string of the molecule is CC(C)(C)c1ccc2c(c1)c1ccccc1n2-c1ccccc1.CC(C)(C)c1cnc(-c2ccccc2)nc1.CC(C)(C)c1cnc(-n2c3ccccc3c3ccccc32)nc1.CC(C)(C)c1nc(-c2ccccc2)nc(-c2ccccc2)n1.CC(C)(C)c1nc(C2c3ccccc3-c3ccccc32)nc(C2c3ccccc3-c3ccccc32)n1. The highest BCUT2D eigenvalue weighted by atomic mass is 15.2. The molecule has 18 aromatic rings. The molecule has 0 atom stereocenters. The van der Waals surface area contributed by atoms with Crippen molar-refractivity contribution in [1.29, 1.82) is 0 Å². The molecule has 12 aromatic carbocycles. The predicted octanol–water partition coefficient (Wildman–Crippen LogP) is 26.4. The Hall–Kier alpha value is -13.6. The Bertz CT molecular complexity index is 6340. The third kappa shape index (κ3) is 16.7. The zero-order valence-electron chi connectivity index (χ0n) is 71.3. The average molecular weight is 1570 g/mol. The van der Waals surface area contributed by atoms with Crippen LogP contribution in [0.25, 0.3) is 112 Å². The second-order valence-corrected chi connectivity index (χ2v) is 36.1. The summed E-state index contributed by atoms with van der Waals surface area (Å²) < 4.78 is 4.49. The Balaban J connectivity index is 0.000000115. The zero-order valence-corrected chi connectivity index (χ0v) is 71.3. The van der Waals surface area contributed by atoms with Crippen LogP contribution in [0.1, 0.15) is 178 Å². The minimum atomic E-state index is -0.207. The average Bonchev–Trinajstić information content (AvgIpc) is 1.59. The molecule has 2 aliphatic carbocycles. The van der Waals surface area contributed by atoms with Gasteiger partial charge in [-0.2, -0.15) is 0 Å². The highest BCUT2D eigenvalue weighted by Gasteiger charge is 2.37. The standard InChI is InChI=1S/C33H27N3.C22H21N.C20H19N3.C19H19N3.C14H16N2/c1-33(2,3)32-35-30(28-24-16-8-4-12-20(24)21-13-5-9-17-25(21)28)34-31(36-32)29-26-18-10-6-14-22(26)23-15-7-11-19-27(23)29;1-22(2,3)16-13-14-21-19(15-16)18-11-7-8-12-20(18)23(21)17-9-5-4-6-10-17;1-20(2,3)14-12-21-19(22-13-14)23-17-10-6-4-8-15(17)16-9-5-7-11-18(16)23;1-19(2,3)18-21-16(14-10-6-4-7-11-14)20-17(22-18)15-12-8-5-9-13-15;1-14(2,3)12-9-15-13(16-10-12)11-7-5-4-6-8-11/h4-19,28-29H,1-3H3;4-15H,1-3H3;4-13H,1-3H3;4-13H,1-3H3;4-10H,1-3H3. The molecule has 20 rings (SSSR count). The van der Waals surface area contributed by atoms with Crippen molar-refractivity contribution in [2.24, 2.45) is 0 Å². The number of para-hydroxylation sites is 4. The first-order chi connectivity index (χ1) is 57.7. The molecular weight excluding hydrogens is 1470 g/mol. The van der Waals surface area contributed by atoms with E-state index in [2.05, 4.69) is 366 Å². The van der Waals surface area contributed by atoms with Gasteiger partial charge in [-0.3, -0.25) is 4.57 Å². The number of benzene rings is 12. The van der Waals surface area contributed by atoms with E-state index in [1.54, 1.807) is 0 Å². The smallest absolute Gasteiger partial charge is 0.234 e. The Morgan fingerprint density at radius 3 is 0.925 bits per heavy atom. The summed E-state index contributed by atoms with van der Waals surface area (Å²) in [5, 5.41) is 5.10. The largest absolute Gasteiger partial charge is 0.309 e. The number of rotatable bonds is 7. The number of fused-ring (bicyclic) bond motifs is 12. The molecule has 0 saturated heterocycles. The molecule has 0 bridgehead atoms. The lowest BCUT2D eigenvalue weighted by atomic mass is 9.86. The van der Waals surface area contributed by atoms with Crippen molar-refractivity contribution in [3.63, 3.8) is 0 Å². The van der Waals surface area contributed by atoms with Gasteiger partial charge in [-0.15, -0.1) is 0 Å². The summed E-state index contributed by atoms with van der Waals surface area (Å²) in [4.78, 5) is 47.7. The van der Waals surface area contributed by atoms with E-state index in [-0.39, 0.29) is 38.9 Å². The van der Waals surface area contributed by atoms with Crippen LogP contribution < -0.4 is 0 Å². The first-order valence-corrected chi connectivity index (χ1v) is 41.5. The van der Waals surface area contributed by atoms with Crippen LogP contribution in [-0.2, 0) is 27.1 Å². The van der Waals surface area contributed by atoms with Crippen LogP contribution in [0.5, 0.6) is 0 Å². The first kappa shape index (κ1) is 80.2. The molecule has 594 valence electrons. The summed E-state index contributed by atoms with van der Waals surface area (Å²) in [5.74, 6) is 6.25. The molecule has 0 unspecified atom stereocenters. The zero-order chi connectivity index (χ0) is 83.7. The highest BCUT2D eigenvalue weighted by Crippen LogP contribution is 2.50. The molecular formula is C108H102N12. The van der Waals surface area contributed by atoms with Gasteiger partial charge in [0.05, 0.1) is 33.9 Å². The van der Waals surface area contributed by atoms with Gasteiger partial charge in [-0.25, -0.2) is 49.8 Å². The quantitative estimate of drug-likeness (QED) is 0.152. The summed E-state index contributed by atoms with van der Waals surface area (Å²) in [5.41, 5.74) is 22.9. The van der Waals surface area contributed by atoms with E-state index in [9.17, 15) is 0 Å². The Morgan fingerprint density at radius 1 is 0.233 bits per heavy atom. The van der Waals surface area contributed by atoms with Crippen molar-refractivity contribution < 1.29 is 0 Å². The van der Waals surface area contributed by atoms with E-state index in [1.165, 1.54) is 88.3 Å². The molecule has 0 N–H and O–H groups in total. The van der Waals surface area contributed by atoms with Crippen molar-refractivity contribution in [3.8, 4) is 68.1 Å². The Morgan fingerprint density at radius 2 is 0.542 bits per heavy atom. The van der Waals surface area contributed by atoms with E-state index in [0.717, 1.165) is 85.6 Å². The van der Waals surface area contributed by atoms with Crippen molar-refractivity contribution in [2.75, 3.05) is 0 Å². The van der Waals surface area contributed by atoms with Crippen LogP contribution in [-0.4, -0.2) is 59.0 Å². The fraction of sp³-hybridized carbons (Fsp3) is 0.204. The molecule has 6 heterocycles. The maximum atomic E-state index is 5.28. The monoisotopic (exact) mass is 1570 g/mol. The van der Waals surface area contributed by atoms with Gasteiger partial charge in [0.2, 0.25) is 5.95 Å². The Labute approximate surface area is 705 Å². The van der Waals surface area contributed by atoms with Gasteiger partial charge >= 0.3 is 0 Å².